The Kier molecular flexibility index (Phi) is 2.77. The van der Waals surface area contributed by atoms with Crippen molar-refractivity contribution in [3.63, 3.8) is 0 Å². The molecule has 0 spiro atoms. The van der Waals surface area contributed by atoms with Crippen LogP contribution < -0.4 is 14.8 Å². The molecule has 1 heterocycles. The van der Waals surface area contributed by atoms with Gasteiger partial charge in [0.15, 0.2) is 11.5 Å². The number of rotatable bonds is 3. The maximum absolute atomic E-state index is 13.3. The molecule has 1 aliphatic rings. The fraction of sp³-hybridized carbons (Fsp3) is 0.455. The van der Waals surface area contributed by atoms with Crippen LogP contribution in [0.2, 0.25) is 0 Å². The van der Waals surface area contributed by atoms with Crippen LogP contribution in [0.1, 0.15) is 5.56 Å². The molecule has 1 saturated heterocycles. The summed E-state index contributed by atoms with van der Waals surface area (Å²) in [5.41, 5.74) is 0.561. The molecule has 15 heavy (non-hydrogen) atoms. The first kappa shape index (κ1) is 10.2. The predicted octanol–water partition coefficient (Wildman–Crippen LogP) is 1.49. The summed E-state index contributed by atoms with van der Waals surface area (Å²) < 4.78 is 24.0. The lowest BCUT2D eigenvalue weighted by atomic mass is 10.2. The van der Waals surface area contributed by atoms with Crippen molar-refractivity contribution >= 4 is 0 Å². The standard InChI is InChI=1S/C11H14FNO2/c1-7-3-10(14-2)11(4-9(7)12)15-8-5-13-6-8/h3-4,8,13H,5-6H2,1-2H3. The molecular weight excluding hydrogens is 197 g/mol. The number of aryl methyl sites for hydroxylation is 1. The van der Waals surface area contributed by atoms with Crippen LogP contribution in [0.5, 0.6) is 11.5 Å². The topological polar surface area (TPSA) is 30.5 Å². The second kappa shape index (κ2) is 4.06. The molecule has 4 heteroatoms. The van der Waals surface area contributed by atoms with Crippen molar-refractivity contribution in [3.05, 3.63) is 23.5 Å². The molecule has 0 amide bonds. The Hall–Kier alpha value is -1.29. The minimum atomic E-state index is -0.266. The first-order chi connectivity index (χ1) is 7.20. The highest BCUT2D eigenvalue weighted by molar-refractivity contribution is 5.43. The number of ether oxygens (including phenoxy) is 2. The van der Waals surface area contributed by atoms with E-state index in [2.05, 4.69) is 5.32 Å². The van der Waals surface area contributed by atoms with E-state index in [1.54, 1.807) is 20.1 Å². The number of hydrogen-bond acceptors (Lipinski definition) is 3. The normalized spacial score (nSPS) is 15.9. The first-order valence-corrected chi connectivity index (χ1v) is 4.92. The summed E-state index contributed by atoms with van der Waals surface area (Å²) in [5, 5.41) is 3.09. The molecule has 1 fully saturated rings. The molecule has 0 aromatic heterocycles. The van der Waals surface area contributed by atoms with Gasteiger partial charge in [0.2, 0.25) is 0 Å². The lowest BCUT2D eigenvalue weighted by Crippen LogP contribution is -2.50. The van der Waals surface area contributed by atoms with Gasteiger partial charge in [-0.05, 0) is 18.6 Å². The Morgan fingerprint density at radius 2 is 2.07 bits per heavy atom. The van der Waals surface area contributed by atoms with E-state index in [9.17, 15) is 4.39 Å². The monoisotopic (exact) mass is 211 g/mol. The van der Waals surface area contributed by atoms with E-state index < -0.39 is 0 Å². The minimum absolute atomic E-state index is 0.126. The lowest BCUT2D eigenvalue weighted by Gasteiger charge is -2.28. The Labute approximate surface area is 88.2 Å². The van der Waals surface area contributed by atoms with Gasteiger partial charge in [-0.15, -0.1) is 0 Å². The minimum Gasteiger partial charge on any atom is -0.493 e. The van der Waals surface area contributed by atoms with E-state index in [-0.39, 0.29) is 11.9 Å². The molecule has 1 aromatic carbocycles. The van der Waals surface area contributed by atoms with E-state index in [4.69, 9.17) is 9.47 Å². The van der Waals surface area contributed by atoms with Crippen LogP contribution in [0.4, 0.5) is 4.39 Å². The molecule has 0 atom stereocenters. The highest BCUT2D eigenvalue weighted by Gasteiger charge is 2.20. The van der Waals surface area contributed by atoms with Gasteiger partial charge in [0.1, 0.15) is 11.9 Å². The first-order valence-electron chi connectivity index (χ1n) is 4.92. The third-order valence-corrected chi connectivity index (χ3v) is 2.48. The summed E-state index contributed by atoms with van der Waals surface area (Å²) in [6.07, 6.45) is 0.126. The van der Waals surface area contributed by atoms with Crippen LogP contribution in [-0.4, -0.2) is 26.3 Å². The van der Waals surface area contributed by atoms with Crippen molar-refractivity contribution in [2.24, 2.45) is 0 Å². The van der Waals surface area contributed by atoms with Gasteiger partial charge in [-0.3, -0.25) is 0 Å². The van der Waals surface area contributed by atoms with E-state index >= 15 is 0 Å². The smallest absolute Gasteiger partial charge is 0.164 e. The molecule has 0 bridgehead atoms. The van der Waals surface area contributed by atoms with Gasteiger partial charge < -0.3 is 14.8 Å². The molecule has 0 aliphatic carbocycles. The molecule has 0 saturated carbocycles. The van der Waals surface area contributed by atoms with Crippen LogP contribution in [-0.2, 0) is 0 Å². The van der Waals surface area contributed by atoms with Crippen LogP contribution in [0.3, 0.4) is 0 Å². The fourth-order valence-electron chi connectivity index (χ4n) is 1.41. The van der Waals surface area contributed by atoms with Gasteiger partial charge in [-0.2, -0.15) is 0 Å². The molecular formula is C11H14FNO2. The quantitative estimate of drug-likeness (QED) is 0.821. The predicted molar refractivity (Wildman–Crippen MR) is 55.0 cm³/mol. The van der Waals surface area contributed by atoms with E-state index in [1.807, 2.05) is 0 Å². The van der Waals surface area contributed by atoms with Crippen molar-refractivity contribution in [2.45, 2.75) is 13.0 Å². The highest BCUT2D eigenvalue weighted by Crippen LogP contribution is 2.30. The van der Waals surface area contributed by atoms with E-state index in [0.717, 1.165) is 13.1 Å². The van der Waals surface area contributed by atoms with E-state index in [0.29, 0.717) is 17.1 Å². The second-order valence-corrected chi connectivity index (χ2v) is 3.65. The Morgan fingerprint density at radius 3 is 2.60 bits per heavy atom. The van der Waals surface area contributed by atoms with Gasteiger partial charge in [0, 0.05) is 19.2 Å². The van der Waals surface area contributed by atoms with Crippen molar-refractivity contribution in [1.29, 1.82) is 0 Å². The Morgan fingerprint density at radius 1 is 1.33 bits per heavy atom. The molecule has 1 aliphatic heterocycles. The molecule has 0 radical (unpaired) electrons. The van der Waals surface area contributed by atoms with Crippen LogP contribution >= 0.6 is 0 Å². The summed E-state index contributed by atoms with van der Waals surface area (Å²) in [5.74, 6) is 0.797. The van der Waals surface area contributed by atoms with Crippen LogP contribution in [0.15, 0.2) is 12.1 Å². The van der Waals surface area contributed by atoms with Gasteiger partial charge in [-0.25, -0.2) is 4.39 Å². The molecule has 1 aromatic rings. The Balaban J connectivity index is 2.23. The fourth-order valence-corrected chi connectivity index (χ4v) is 1.41. The Bertz CT molecular complexity index is 364. The second-order valence-electron chi connectivity index (χ2n) is 3.65. The third kappa shape index (κ3) is 2.04. The zero-order valence-electron chi connectivity index (χ0n) is 8.84. The third-order valence-electron chi connectivity index (χ3n) is 2.48. The van der Waals surface area contributed by atoms with Crippen molar-refractivity contribution in [1.82, 2.24) is 5.32 Å². The maximum atomic E-state index is 13.3. The lowest BCUT2D eigenvalue weighted by molar-refractivity contribution is 0.136. The summed E-state index contributed by atoms with van der Waals surface area (Å²) in [6, 6.07) is 3.03. The van der Waals surface area contributed by atoms with Gasteiger partial charge in [-0.1, -0.05) is 0 Å². The average Bonchev–Trinajstić information content (AvgIpc) is 2.16. The largest absolute Gasteiger partial charge is 0.493 e. The maximum Gasteiger partial charge on any atom is 0.164 e. The summed E-state index contributed by atoms with van der Waals surface area (Å²) in [7, 11) is 1.55. The zero-order chi connectivity index (χ0) is 10.8. The van der Waals surface area contributed by atoms with E-state index in [1.165, 1.54) is 6.07 Å². The number of hydrogen-bond donors (Lipinski definition) is 1. The molecule has 82 valence electrons. The average molecular weight is 211 g/mol. The number of methoxy groups -OCH3 is 1. The molecule has 3 nitrogen and oxygen atoms in total. The summed E-state index contributed by atoms with van der Waals surface area (Å²) >= 11 is 0. The van der Waals surface area contributed by atoms with Gasteiger partial charge in [0.05, 0.1) is 7.11 Å². The van der Waals surface area contributed by atoms with Crippen LogP contribution in [0.25, 0.3) is 0 Å². The highest BCUT2D eigenvalue weighted by atomic mass is 19.1. The van der Waals surface area contributed by atoms with Crippen LogP contribution in [0, 0.1) is 12.7 Å². The van der Waals surface area contributed by atoms with Crippen molar-refractivity contribution in [3.8, 4) is 11.5 Å². The van der Waals surface area contributed by atoms with Gasteiger partial charge >= 0.3 is 0 Å². The summed E-state index contributed by atoms with van der Waals surface area (Å²) in [6.45, 7) is 3.31. The SMILES string of the molecule is COc1cc(C)c(F)cc1OC1CNC1. The number of benzene rings is 1. The number of halogens is 1. The van der Waals surface area contributed by atoms with Crippen molar-refractivity contribution < 1.29 is 13.9 Å². The molecule has 2 rings (SSSR count). The van der Waals surface area contributed by atoms with Crippen molar-refractivity contribution in [2.75, 3.05) is 20.2 Å². The van der Waals surface area contributed by atoms with Gasteiger partial charge in [0.25, 0.3) is 0 Å². The summed E-state index contributed by atoms with van der Waals surface area (Å²) in [4.78, 5) is 0. The zero-order valence-corrected chi connectivity index (χ0v) is 8.84. The molecule has 0 unspecified atom stereocenters. The molecule has 1 N–H and O–H groups in total. The number of nitrogens with one attached hydrogen (secondary N) is 1.